The fourth-order valence-corrected chi connectivity index (χ4v) is 1.80. The first-order valence-corrected chi connectivity index (χ1v) is 6.54. The van der Waals surface area contributed by atoms with Crippen LogP contribution in [0.5, 0.6) is 0 Å². The molecular formula is C14H19NO5. The summed E-state index contributed by atoms with van der Waals surface area (Å²) in [6.45, 7) is 3.85. The summed E-state index contributed by atoms with van der Waals surface area (Å²) < 4.78 is 5.51. The summed E-state index contributed by atoms with van der Waals surface area (Å²) in [7, 11) is 0. The van der Waals surface area contributed by atoms with Gasteiger partial charge in [-0.3, -0.25) is 10.1 Å². The van der Waals surface area contributed by atoms with Crippen LogP contribution in [0.25, 0.3) is 0 Å². The maximum atomic E-state index is 11.4. The highest BCUT2D eigenvalue weighted by Crippen LogP contribution is 2.28. The predicted molar refractivity (Wildman–Crippen MR) is 73.6 cm³/mol. The van der Waals surface area contributed by atoms with Crippen molar-refractivity contribution in [1.82, 2.24) is 0 Å². The van der Waals surface area contributed by atoms with E-state index >= 15 is 0 Å². The van der Waals surface area contributed by atoms with Gasteiger partial charge in [-0.1, -0.05) is 19.8 Å². The fourth-order valence-electron chi connectivity index (χ4n) is 1.80. The molecule has 0 bridgehead atoms. The molecule has 1 rings (SSSR count). The van der Waals surface area contributed by atoms with Gasteiger partial charge < -0.3 is 9.84 Å². The largest absolute Gasteiger partial charge is 0.479 e. The number of rotatable bonds is 8. The predicted octanol–water partition coefficient (Wildman–Crippen LogP) is 3.10. The van der Waals surface area contributed by atoms with Gasteiger partial charge in [-0.05, 0) is 31.0 Å². The number of benzene rings is 1. The monoisotopic (exact) mass is 281 g/mol. The number of carboxylic acid groups (broad SMARTS) is 1. The van der Waals surface area contributed by atoms with E-state index in [4.69, 9.17) is 4.74 Å². The second kappa shape index (κ2) is 7.00. The molecule has 1 atom stereocenters. The lowest BCUT2D eigenvalue weighted by atomic mass is 9.95. The molecule has 6 nitrogen and oxygen atoms in total. The molecule has 1 unspecified atom stereocenters. The molecule has 0 aliphatic carbocycles. The lowest BCUT2D eigenvalue weighted by molar-refractivity contribution is -0.384. The first kappa shape index (κ1) is 16.1. The minimum atomic E-state index is -1.48. The summed E-state index contributed by atoms with van der Waals surface area (Å²) in [5.74, 6) is -1.11. The Kier molecular flexibility index (Phi) is 5.64. The van der Waals surface area contributed by atoms with Gasteiger partial charge in [-0.2, -0.15) is 0 Å². The number of hydrogen-bond acceptors (Lipinski definition) is 4. The number of ether oxygens (including phenoxy) is 1. The minimum Gasteiger partial charge on any atom is -0.479 e. The smallest absolute Gasteiger partial charge is 0.340 e. The van der Waals surface area contributed by atoms with Crippen LogP contribution in [0.2, 0.25) is 0 Å². The topological polar surface area (TPSA) is 89.7 Å². The molecule has 1 aromatic rings. The van der Waals surface area contributed by atoms with E-state index in [-0.39, 0.29) is 5.69 Å². The molecule has 0 aliphatic heterocycles. The molecule has 0 radical (unpaired) electrons. The molecule has 0 heterocycles. The maximum Gasteiger partial charge on any atom is 0.340 e. The highest BCUT2D eigenvalue weighted by Gasteiger charge is 2.36. The highest BCUT2D eigenvalue weighted by atomic mass is 16.6. The average Bonchev–Trinajstić information content (AvgIpc) is 2.43. The second-order valence-electron chi connectivity index (χ2n) is 4.70. The third-order valence-corrected chi connectivity index (χ3v) is 3.18. The maximum absolute atomic E-state index is 11.4. The van der Waals surface area contributed by atoms with E-state index in [1.165, 1.54) is 31.2 Å². The first-order valence-electron chi connectivity index (χ1n) is 6.54. The van der Waals surface area contributed by atoms with Gasteiger partial charge in [0.1, 0.15) is 0 Å². The van der Waals surface area contributed by atoms with Gasteiger partial charge in [0.15, 0.2) is 5.60 Å². The Morgan fingerprint density at radius 2 is 1.95 bits per heavy atom. The van der Waals surface area contributed by atoms with Gasteiger partial charge in [0, 0.05) is 18.7 Å². The van der Waals surface area contributed by atoms with E-state index in [9.17, 15) is 20.0 Å². The van der Waals surface area contributed by atoms with Gasteiger partial charge in [0.25, 0.3) is 5.69 Å². The van der Waals surface area contributed by atoms with E-state index in [0.29, 0.717) is 12.2 Å². The molecule has 0 amide bonds. The fraction of sp³-hybridized carbons (Fsp3) is 0.500. The summed E-state index contributed by atoms with van der Waals surface area (Å²) in [4.78, 5) is 21.5. The van der Waals surface area contributed by atoms with Crippen LogP contribution < -0.4 is 0 Å². The summed E-state index contributed by atoms with van der Waals surface area (Å²) in [5, 5.41) is 20.0. The molecule has 1 aromatic carbocycles. The summed E-state index contributed by atoms with van der Waals surface area (Å²) in [6.07, 6.45) is 2.77. The normalized spacial score (nSPS) is 13.7. The molecule has 0 aliphatic rings. The Labute approximate surface area is 117 Å². The zero-order valence-electron chi connectivity index (χ0n) is 11.7. The van der Waals surface area contributed by atoms with Crippen molar-refractivity contribution >= 4 is 11.7 Å². The number of carbonyl (C=O) groups is 1. The van der Waals surface area contributed by atoms with Crippen molar-refractivity contribution in [2.75, 3.05) is 6.61 Å². The third kappa shape index (κ3) is 3.77. The molecule has 0 spiro atoms. The molecule has 110 valence electrons. The summed E-state index contributed by atoms with van der Waals surface area (Å²) in [5.41, 5.74) is -1.16. The van der Waals surface area contributed by atoms with Crippen LogP contribution in [0.15, 0.2) is 24.3 Å². The van der Waals surface area contributed by atoms with Crippen LogP contribution in [0.3, 0.4) is 0 Å². The van der Waals surface area contributed by atoms with Crippen LogP contribution in [0, 0.1) is 10.1 Å². The number of unbranched alkanes of at least 4 members (excludes halogenated alkanes) is 2. The first-order chi connectivity index (χ1) is 9.41. The molecule has 0 aromatic heterocycles. The molecule has 6 heteroatoms. The number of nitrogens with zero attached hydrogens (tertiary/aromatic N) is 1. The van der Waals surface area contributed by atoms with Crippen LogP contribution in [0.1, 0.15) is 38.7 Å². The van der Waals surface area contributed by atoms with Gasteiger partial charge in [0.05, 0.1) is 4.92 Å². The summed E-state index contributed by atoms with van der Waals surface area (Å²) in [6, 6.07) is 5.41. The van der Waals surface area contributed by atoms with E-state index in [2.05, 4.69) is 0 Å². The van der Waals surface area contributed by atoms with Crippen molar-refractivity contribution in [2.24, 2.45) is 0 Å². The van der Waals surface area contributed by atoms with E-state index in [1.54, 1.807) is 0 Å². The van der Waals surface area contributed by atoms with E-state index < -0.39 is 16.5 Å². The number of hydrogen-bond donors (Lipinski definition) is 1. The molecule has 0 fully saturated rings. The quantitative estimate of drug-likeness (QED) is 0.449. The Balaban J connectivity index is 2.88. The van der Waals surface area contributed by atoms with Crippen LogP contribution in [0.4, 0.5) is 5.69 Å². The van der Waals surface area contributed by atoms with E-state index in [1.807, 2.05) is 6.92 Å². The number of aliphatic carboxylic acids is 1. The number of nitro groups is 1. The summed E-state index contributed by atoms with van der Waals surface area (Å²) >= 11 is 0. The standard InChI is InChI=1S/C14H19NO5/c1-3-4-5-10-20-14(2,13(16)17)11-6-8-12(9-7-11)15(18)19/h6-9H,3-5,10H2,1-2H3,(H,16,17). The van der Waals surface area contributed by atoms with E-state index in [0.717, 1.165) is 19.3 Å². The van der Waals surface area contributed by atoms with Crippen molar-refractivity contribution in [3.63, 3.8) is 0 Å². The molecular weight excluding hydrogens is 262 g/mol. The van der Waals surface area contributed by atoms with Crippen LogP contribution in [-0.2, 0) is 15.1 Å². The molecule has 0 saturated heterocycles. The van der Waals surface area contributed by atoms with Gasteiger partial charge in [-0.15, -0.1) is 0 Å². The molecule has 1 N–H and O–H groups in total. The Morgan fingerprint density at radius 1 is 1.35 bits per heavy atom. The number of carboxylic acids is 1. The van der Waals surface area contributed by atoms with Crippen molar-refractivity contribution in [3.8, 4) is 0 Å². The minimum absolute atomic E-state index is 0.0764. The Morgan fingerprint density at radius 3 is 2.40 bits per heavy atom. The average molecular weight is 281 g/mol. The van der Waals surface area contributed by atoms with Gasteiger partial charge in [0.2, 0.25) is 0 Å². The second-order valence-corrected chi connectivity index (χ2v) is 4.70. The van der Waals surface area contributed by atoms with Crippen molar-refractivity contribution in [2.45, 2.75) is 38.7 Å². The van der Waals surface area contributed by atoms with Crippen LogP contribution in [-0.4, -0.2) is 22.6 Å². The zero-order valence-corrected chi connectivity index (χ0v) is 11.7. The number of nitro benzene ring substituents is 1. The Hall–Kier alpha value is -1.95. The van der Waals surface area contributed by atoms with Gasteiger partial charge in [-0.25, -0.2) is 4.79 Å². The van der Waals surface area contributed by atoms with Crippen molar-refractivity contribution in [1.29, 1.82) is 0 Å². The highest BCUT2D eigenvalue weighted by molar-refractivity contribution is 5.79. The van der Waals surface area contributed by atoms with Crippen molar-refractivity contribution in [3.05, 3.63) is 39.9 Å². The number of non-ortho nitro benzene ring substituents is 1. The van der Waals surface area contributed by atoms with Crippen LogP contribution >= 0.6 is 0 Å². The third-order valence-electron chi connectivity index (χ3n) is 3.18. The zero-order chi connectivity index (χ0) is 15.2. The lowest BCUT2D eigenvalue weighted by Crippen LogP contribution is -2.35. The molecule has 20 heavy (non-hydrogen) atoms. The van der Waals surface area contributed by atoms with Gasteiger partial charge >= 0.3 is 5.97 Å². The van der Waals surface area contributed by atoms with Crippen molar-refractivity contribution < 1.29 is 19.6 Å². The SMILES string of the molecule is CCCCCOC(C)(C(=O)O)c1ccc([N+](=O)[O-])cc1. The molecule has 0 saturated carbocycles. The lowest BCUT2D eigenvalue weighted by Gasteiger charge is -2.25. The Bertz CT molecular complexity index is 471.